The minimum Gasteiger partial charge on any atom is -0.396 e. The molecule has 3 aromatic rings. The fourth-order valence-electron chi connectivity index (χ4n) is 6.30. The van der Waals surface area contributed by atoms with Gasteiger partial charge in [-0.1, -0.05) is 18.2 Å². The summed E-state index contributed by atoms with van der Waals surface area (Å²) in [5.41, 5.74) is 3.99. The standard InChI is InChI=1S/C27H25N5O3/c28-12-19-2-1-3-20(10-19)30-24(34)22-13-29-32-9-8-31(25(35)23(22)32)21-6-4-18(5-7-21)11-26-14-27(15-26,16-26)17-33/h1-7,10,13,33H,8-9,11,14-17H2,(H,30,34). The van der Waals surface area contributed by atoms with Crippen molar-refractivity contribution in [2.75, 3.05) is 23.4 Å². The zero-order valence-corrected chi connectivity index (χ0v) is 19.2. The first-order valence-electron chi connectivity index (χ1n) is 11.8. The van der Waals surface area contributed by atoms with E-state index in [1.54, 1.807) is 33.8 Å². The monoisotopic (exact) mass is 467 g/mol. The van der Waals surface area contributed by atoms with Crippen molar-refractivity contribution in [3.63, 3.8) is 0 Å². The Bertz CT molecular complexity index is 1360. The number of carbonyl (C=O) groups is 2. The van der Waals surface area contributed by atoms with Gasteiger partial charge in [0.15, 0.2) is 0 Å². The summed E-state index contributed by atoms with van der Waals surface area (Å²) in [5, 5.41) is 25.6. The molecule has 1 aromatic heterocycles. The Balaban J connectivity index is 1.18. The molecule has 2 heterocycles. The van der Waals surface area contributed by atoms with Crippen LogP contribution in [0.3, 0.4) is 0 Å². The van der Waals surface area contributed by atoms with Crippen LogP contribution >= 0.6 is 0 Å². The molecule has 2 amide bonds. The number of anilines is 2. The van der Waals surface area contributed by atoms with Gasteiger partial charge in [0.25, 0.3) is 11.8 Å². The van der Waals surface area contributed by atoms with Gasteiger partial charge in [0.1, 0.15) is 5.69 Å². The van der Waals surface area contributed by atoms with Crippen molar-refractivity contribution in [3.05, 3.63) is 77.1 Å². The Kier molecular flexibility index (Phi) is 4.80. The number of nitrogens with zero attached hydrogens (tertiary/aromatic N) is 4. The van der Waals surface area contributed by atoms with E-state index in [1.807, 2.05) is 18.2 Å². The van der Waals surface area contributed by atoms with Crippen molar-refractivity contribution in [2.24, 2.45) is 10.8 Å². The molecule has 3 fully saturated rings. The number of nitrogens with one attached hydrogen (secondary N) is 1. The molecule has 35 heavy (non-hydrogen) atoms. The number of amides is 2. The van der Waals surface area contributed by atoms with Gasteiger partial charge in [-0.15, -0.1) is 0 Å². The van der Waals surface area contributed by atoms with Crippen molar-refractivity contribution < 1.29 is 14.7 Å². The molecule has 2 N–H and O–H groups in total. The number of nitriles is 1. The van der Waals surface area contributed by atoms with Crippen molar-refractivity contribution in [3.8, 4) is 6.07 Å². The molecule has 3 saturated carbocycles. The second-order valence-corrected chi connectivity index (χ2v) is 10.3. The molecule has 0 radical (unpaired) electrons. The molecule has 176 valence electrons. The first kappa shape index (κ1) is 21.6. The summed E-state index contributed by atoms with van der Waals surface area (Å²) < 4.78 is 1.58. The van der Waals surface area contributed by atoms with E-state index in [0.717, 1.165) is 31.4 Å². The molecule has 8 nitrogen and oxygen atoms in total. The zero-order chi connectivity index (χ0) is 24.2. The van der Waals surface area contributed by atoms with Crippen LogP contribution in [0.15, 0.2) is 54.7 Å². The molecule has 2 aromatic carbocycles. The number of rotatable bonds is 6. The van der Waals surface area contributed by atoms with E-state index in [2.05, 4.69) is 22.5 Å². The molecule has 7 rings (SSSR count). The fourth-order valence-corrected chi connectivity index (χ4v) is 6.30. The average Bonchev–Trinajstić information content (AvgIpc) is 3.27. The molecule has 0 atom stereocenters. The van der Waals surface area contributed by atoms with Gasteiger partial charge in [0, 0.05) is 24.5 Å². The second kappa shape index (κ2) is 7.79. The summed E-state index contributed by atoms with van der Waals surface area (Å²) in [6.07, 6.45) is 5.76. The summed E-state index contributed by atoms with van der Waals surface area (Å²) in [6.45, 7) is 1.26. The van der Waals surface area contributed by atoms with E-state index >= 15 is 0 Å². The third kappa shape index (κ3) is 3.51. The molecule has 0 saturated heterocycles. The van der Waals surface area contributed by atoms with Gasteiger partial charge in [-0.25, -0.2) is 0 Å². The maximum absolute atomic E-state index is 13.4. The van der Waals surface area contributed by atoms with Crippen LogP contribution in [0.4, 0.5) is 11.4 Å². The molecule has 0 unspecified atom stereocenters. The lowest BCUT2D eigenvalue weighted by Gasteiger charge is -2.70. The highest BCUT2D eigenvalue weighted by Gasteiger charge is 2.66. The molecule has 3 aliphatic carbocycles. The Morgan fingerprint density at radius 1 is 1.11 bits per heavy atom. The highest BCUT2D eigenvalue weighted by molar-refractivity contribution is 6.15. The maximum atomic E-state index is 13.4. The van der Waals surface area contributed by atoms with Gasteiger partial charge >= 0.3 is 0 Å². The van der Waals surface area contributed by atoms with Crippen LogP contribution in [0.1, 0.15) is 51.2 Å². The lowest BCUT2D eigenvalue weighted by atomic mass is 9.34. The van der Waals surface area contributed by atoms with Crippen molar-refractivity contribution >= 4 is 23.2 Å². The maximum Gasteiger partial charge on any atom is 0.277 e. The minimum atomic E-state index is -0.439. The van der Waals surface area contributed by atoms with Crippen molar-refractivity contribution in [1.29, 1.82) is 5.26 Å². The molecule has 2 bridgehead atoms. The van der Waals surface area contributed by atoms with E-state index in [9.17, 15) is 14.7 Å². The lowest BCUT2D eigenvalue weighted by molar-refractivity contribution is -0.222. The number of carbonyl (C=O) groups excluding carboxylic acids is 2. The van der Waals surface area contributed by atoms with Gasteiger partial charge < -0.3 is 15.3 Å². The van der Waals surface area contributed by atoms with E-state index in [0.29, 0.717) is 36.4 Å². The van der Waals surface area contributed by atoms with E-state index in [1.165, 1.54) is 11.8 Å². The Labute approximate surface area is 202 Å². The molecule has 0 spiro atoms. The molecular formula is C27H25N5O3. The van der Waals surface area contributed by atoms with Crippen LogP contribution in [0.5, 0.6) is 0 Å². The summed E-state index contributed by atoms with van der Waals surface area (Å²) in [4.78, 5) is 28.1. The highest BCUT2D eigenvalue weighted by atomic mass is 16.3. The van der Waals surface area contributed by atoms with Crippen LogP contribution in [0.2, 0.25) is 0 Å². The van der Waals surface area contributed by atoms with Crippen molar-refractivity contribution in [1.82, 2.24) is 9.78 Å². The van der Waals surface area contributed by atoms with Crippen LogP contribution in [-0.2, 0) is 13.0 Å². The minimum absolute atomic E-state index is 0.200. The summed E-state index contributed by atoms with van der Waals surface area (Å²) in [7, 11) is 0. The molecule has 8 heteroatoms. The van der Waals surface area contributed by atoms with Gasteiger partial charge in [-0.3, -0.25) is 14.3 Å². The molecule has 4 aliphatic rings. The number of hydrogen-bond donors (Lipinski definition) is 2. The Hall–Kier alpha value is -3.96. The van der Waals surface area contributed by atoms with Crippen LogP contribution in [0, 0.1) is 22.2 Å². The SMILES string of the molecule is N#Cc1cccc(NC(=O)c2cnn3c2C(=O)N(c2ccc(CC45CC(CO)(C4)C5)cc2)CC3)c1. The summed E-state index contributed by atoms with van der Waals surface area (Å²) >= 11 is 0. The number of hydrogen-bond acceptors (Lipinski definition) is 5. The topological polar surface area (TPSA) is 111 Å². The third-order valence-electron chi connectivity index (χ3n) is 7.73. The Morgan fingerprint density at radius 2 is 1.89 bits per heavy atom. The van der Waals surface area contributed by atoms with E-state index < -0.39 is 5.91 Å². The van der Waals surface area contributed by atoms with Gasteiger partial charge in [-0.2, -0.15) is 10.4 Å². The van der Waals surface area contributed by atoms with Crippen LogP contribution in [-0.4, -0.2) is 39.9 Å². The smallest absolute Gasteiger partial charge is 0.277 e. The van der Waals surface area contributed by atoms with Gasteiger partial charge in [-0.05, 0) is 72.4 Å². The Morgan fingerprint density at radius 3 is 2.60 bits per heavy atom. The second-order valence-electron chi connectivity index (χ2n) is 10.3. The number of aromatic nitrogens is 2. The van der Waals surface area contributed by atoms with Gasteiger partial charge in [0.05, 0.1) is 29.9 Å². The number of aliphatic hydroxyl groups excluding tert-OH is 1. The first-order valence-corrected chi connectivity index (χ1v) is 11.8. The van der Waals surface area contributed by atoms with Crippen LogP contribution in [0.25, 0.3) is 0 Å². The summed E-state index contributed by atoms with van der Waals surface area (Å²) in [5.74, 6) is -0.701. The predicted molar refractivity (Wildman–Crippen MR) is 129 cm³/mol. The third-order valence-corrected chi connectivity index (χ3v) is 7.73. The largest absolute Gasteiger partial charge is 0.396 e. The average molecular weight is 468 g/mol. The van der Waals surface area contributed by atoms with E-state index in [4.69, 9.17) is 5.26 Å². The van der Waals surface area contributed by atoms with Gasteiger partial charge in [0.2, 0.25) is 0 Å². The van der Waals surface area contributed by atoms with Crippen molar-refractivity contribution in [2.45, 2.75) is 32.2 Å². The number of fused-ring (bicyclic) bond motifs is 1. The quantitative estimate of drug-likeness (QED) is 0.577. The number of aliphatic hydroxyl groups is 1. The molecule has 1 aliphatic heterocycles. The normalized spacial score (nSPS) is 24.1. The lowest BCUT2D eigenvalue weighted by Crippen LogP contribution is -2.64. The number of benzene rings is 2. The predicted octanol–water partition coefficient (Wildman–Crippen LogP) is 3.37. The zero-order valence-electron chi connectivity index (χ0n) is 19.2. The van der Waals surface area contributed by atoms with Crippen LogP contribution < -0.4 is 10.2 Å². The molecular weight excluding hydrogens is 442 g/mol. The fraction of sp³-hybridized carbons (Fsp3) is 0.333. The first-order chi connectivity index (χ1) is 16.9. The highest BCUT2D eigenvalue weighted by Crippen LogP contribution is 2.74. The summed E-state index contributed by atoms with van der Waals surface area (Å²) in [6, 6.07) is 16.8. The van der Waals surface area contributed by atoms with E-state index in [-0.39, 0.29) is 22.6 Å².